The highest BCUT2D eigenvalue weighted by molar-refractivity contribution is 9.10. The van der Waals surface area contributed by atoms with Gasteiger partial charge in [0.1, 0.15) is 5.75 Å². The summed E-state index contributed by atoms with van der Waals surface area (Å²) >= 11 is 3.46. The van der Waals surface area contributed by atoms with Crippen molar-refractivity contribution in [3.05, 3.63) is 41.1 Å². The first-order valence-electron chi connectivity index (χ1n) is 6.48. The predicted molar refractivity (Wildman–Crippen MR) is 81.1 cm³/mol. The number of hydrogen-bond donors (Lipinski definition) is 1. The second kappa shape index (κ2) is 5.76. The Labute approximate surface area is 125 Å². The molecule has 2 heterocycles. The molecule has 0 spiro atoms. The molecular weight excluding hydrogens is 320 g/mol. The number of nitrogens with two attached hydrogens (primary N) is 1. The quantitative estimate of drug-likeness (QED) is 0.934. The lowest BCUT2D eigenvalue weighted by molar-refractivity contribution is 0.457. The Hall–Kier alpha value is -1.66. The van der Waals surface area contributed by atoms with Crippen LogP contribution in [0.1, 0.15) is 6.42 Å². The Balaban J connectivity index is 1.88. The number of anilines is 1. The summed E-state index contributed by atoms with van der Waals surface area (Å²) in [7, 11) is 0. The van der Waals surface area contributed by atoms with Gasteiger partial charge in [0.15, 0.2) is 5.82 Å². The normalized spacial score (nSPS) is 18.3. The van der Waals surface area contributed by atoms with Crippen molar-refractivity contribution >= 4 is 21.7 Å². The lowest BCUT2D eigenvalue weighted by Crippen LogP contribution is -2.27. The van der Waals surface area contributed by atoms with Crippen LogP contribution in [0.25, 0.3) is 0 Å². The molecular formula is C14H15BrN4O. The highest BCUT2D eigenvalue weighted by Crippen LogP contribution is 2.33. The van der Waals surface area contributed by atoms with Gasteiger partial charge in [-0.1, -0.05) is 12.1 Å². The van der Waals surface area contributed by atoms with Gasteiger partial charge in [-0.3, -0.25) is 0 Å². The zero-order valence-corrected chi connectivity index (χ0v) is 12.5. The van der Waals surface area contributed by atoms with Crippen molar-refractivity contribution < 1.29 is 4.74 Å². The van der Waals surface area contributed by atoms with E-state index in [4.69, 9.17) is 10.5 Å². The molecule has 1 aliphatic heterocycles. The summed E-state index contributed by atoms with van der Waals surface area (Å²) in [5.74, 6) is 1.97. The topological polar surface area (TPSA) is 64.3 Å². The van der Waals surface area contributed by atoms with E-state index in [1.807, 2.05) is 24.3 Å². The first-order valence-corrected chi connectivity index (χ1v) is 7.27. The van der Waals surface area contributed by atoms with Crippen molar-refractivity contribution in [1.82, 2.24) is 9.97 Å². The second-order valence-electron chi connectivity index (χ2n) is 4.71. The molecule has 104 valence electrons. The zero-order chi connectivity index (χ0) is 13.9. The average Bonchev–Trinajstić information content (AvgIpc) is 2.88. The van der Waals surface area contributed by atoms with Gasteiger partial charge in [-0.05, 0) is 34.5 Å². The molecule has 5 nitrogen and oxygen atoms in total. The minimum Gasteiger partial charge on any atom is -0.435 e. The Morgan fingerprint density at radius 1 is 1.25 bits per heavy atom. The van der Waals surface area contributed by atoms with Gasteiger partial charge >= 0.3 is 0 Å². The minimum atomic E-state index is 0.188. The summed E-state index contributed by atoms with van der Waals surface area (Å²) in [5.41, 5.74) is 5.95. The Bertz CT molecular complexity index is 607. The molecule has 6 heteroatoms. The van der Waals surface area contributed by atoms with Gasteiger partial charge in [0, 0.05) is 31.5 Å². The van der Waals surface area contributed by atoms with Crippen LogP contribution < -0.4 is 15.4 Å². The van der Waals surface area contributed by atoms with Crippen molar-refractivity contribution in [3.63, 3.8) is 0 Å². The number of ether oxygens (including phenoxy) is 1. The number of rotatable bonds is 3. The van der Waals surface area contributed by atoms with E-state index in [1.54, 1.807) is 12.4 Å². The van der Waals surface area contributed by atoms with E-state index < -0.39 is 0 Å². The first-order chi connectivity index (χ1) is 9.74. The molecule has 1 atom stereocenters. The molecule has 1 aromatic heterocycles. The van der Waals surface area contributed by atoms with Crippen LogP contribution in [-0.4, -0.2) is 29.1 Å². The van der Waals surface area contributed by atoms with Crippen LogP contribution in [0.2, 0.25) is 0 Å². The minimum absolute atomic E-state index is 0.188. The zero-order valence-electron chi connectivity index (χ0n) is 10.9. The molecule has 1 fully saturated rings. The smallest absolute Gasteiger partial charge is 0.263 e. The predicted octanol–water partition coefficient (Wildman–Crippen LogP) is 2.57. The van der Waals surface area contributed by atoms with E-state index in [1.165, 1.54) is 0 Å². The van der Waals surface area contributed by atoms with Crippen LogP contribution in [0.5, 0.6) is 11.6 Å². The highest BCUT2D eigenvalue weighted by atomic mass is 79.9. The van der Waals surface area contributed by atoms with Crippen molar-refractivity contribution in [2.75, 3.05) is 18.0 Å². The lowest BCUT2D eigenvalue weighted by atomic mass is 10.3. The number of benzene rings is 1. The summed E-state index contributed by atoms with van der Waals surface area (Å²) < 4.78 is 6.77. The molecule has 20 heavy (non-hydrogen) atoms. The third-order valence-electron chi connectivity index (χ3n) is 3.21. The van der Waals surface area contributed by atoms with Gasteiger partial charge in [0.25, 0.3) is 5.88 Å². The van der Waals surface area contributed by atoms with Gasteiger partial charge in [0.05, 0.1) is 4.47 Å². The molecule has 0 bridgehead atoms. The molecule has 0 saturated carbocycles. The number of aromatic nitrogens is 2. The highest BCUT2D eigenvalue weighted by Gasteiger charge is 2.24. The summed E-state index contributed by atoms with van der Waals surface area (Å²) in [6.07, 6.45) is 4.27. The van der Waals surface area contributed by atoms with Crippen LogP contribution in [0.15, 0.2) is 41.1 Å². The molecule has 1 unspecified atom stereocenters. The van der Waals surface area contributed by atoms with Crippen LogP contribution in [-0.2, 0) is 0 Å². The Morgan fingerprint density at radius 2 is 2.05 bits per heavy atom. The van der Waals surface area contributed by atoms with Gasteiger partial charge in [-0.15, -0.1) is 0 Å². The second-order valence-corrected chi connectivity index (χ2v) is 5.57. The maximum atomic E-state index is 5.95. The summed E-state index contributed by atoms with van der Waals surface area (Å²) in [6.45, 7) is 1.66. The Morgan fingerprint density at radius 3 is 2.80 bits per heavy atom. The van der Waals surface area contributed by atoms with Crippen molar-refractivity contribution in [2.24, 2.45) is 5.73 Å². The van der Waals surface area contributed by atoms with Crippen LogP contribution >= 0.6 is 15.9 Å². The average molecular weight is 335 g/mol. The molecule has 1 aromatic carbocycles. The monoisotopic (exact) mass is 334 g/mol. The number of para-hydroxylation sites is 1. The van der Waals surface area contributed by atoms with Crippen molar-refractivity contribution in [2.45, 2.75) is 12.5 Å². The number of hydrogen-bond acceptors (Lipinski definition) is 5. The molecule has 1 aliphatic rings. The van der Waals surface area contributed by atoms with Gasteiger partial charge in [-0.25, -0.2) is 9.97 Å². The van der Waals surface area contributed by atoms with E-state index in [0.717, 1.165) is 35.6 Å². The third-order valence-corrected chi connectivity index (χ3v) is 3.87. The van der Waals surface area contributed by atoms with Crippen LogP contribution in [0.3, 0.4) is 0 Å². The van der Waals surface area contributed by atoms with Crippen molar-refractivity contribution in [1.29, 1.82) is 0 Å². The molecule has 1 saturated heterocycles. The molecule has 3 rings (SSSR count). The SMILES string of the molecule is NC1CCN(c2nccnc2Oc2ccccc2Br)C1. The summed E-state index contributed by atoms with van der Waals surface area (Å²) in [5, 5.41) is 0. The van der Waals surface area contributed by atoms with Crippen molar-refractivity contribution in [3.8, 4) is 11.6 Å². The third kappa shape index (κ3) is 2.76. The lowest BCUT2D eigenvalue weighted by Gasteiger charge is -2.19. The van der Waals surface area contributed by atoms with E-state index in [-0.39, 0.29) is 6.04 Å². The van der Waals surface area contributed by atoms with Crippen LogP contribution in [0, 0.1) is 0 Å². The van der Waals surface area contributed by atoms with E-state index >= 15 is 0 Å². The largest absolute Gasteiger partial charge is 0.435 e. The molecule has 2 aromatic rings. The molecule has 2 N–H and O–H groups in total. The van der Waals surface area contributed by atoms with E-state index in [9.17, 15) is 0 Å². The summed E-state index contributed by atoms with van der Waals surface area (Å²) in [4.78, 5) is 10.8. The van der Waals surface area contributed by atoms with Gasteiger partial charge in [0.2, 0.25) is 0 Å². The number of nitrogens with zero attached hydrogens (tertiary/aromatic N) is 3. The fourth-order valence-corrected chi connectivity index (χ4v) is 2.58. The standard InChI is InChI=1S/C14H15BrN4O/c15-11-3-1-2-4-12(11)20-14-13(17-6-7-18-14)19-8-5-10(16)9-19/h1-4,6-7,10H,5,8-9,16H2. The summed E-state index contributed by atoms with van der Waals surface area (Å²) in [6, 6.07) is 7.86. The van der Waals surface area contributed by atoms with Crippen LogP contribution in [0.4, 0.5) is 5.82 Å². The van der Waals surface area contributed by atoms with E-state index in [2.05, 4.69) is 30.8 Å². The molecule has 0 aliphatic carbocycles. The first kappa shape index (κ1) is 13.3. The number of halogens is 1. The fraction of sp³-hybridized carbons (Fsp3) is 0.286. The Kier molecular flexibility index (Phi) is 3.84. The van der Waals surface area contributed by atoms with Gasteiger partial charge < -0.3 is 15.4 Å². The maximum Gasteiger partial charge on any atom is 0.263 e. The molecule has 0 radical (unpaired) electrons. The molecule has 0 amide bonds. The van der Waals surface area contributed by atoms with E-state index in [0.29, 0.717) is 5.88 Å². The fourth-order valence-electron chi connectivity index (χ4n) is 2.22. The maximum absolute atomic E-state index is 5.95. The van der Waals surface area contributed by atoms with Gasteiger partial charge in [-0.2, -0.15) is 0 Å².